The molecule has 4 rings (SSSR count). The van der Waals surface area contributed by atoms with Crippen molar-refractivity contribution in [2.75, 3.05) is 7.11 Å². The molecular formula is C17H18N6O5. The lowest BCUT2D eigenvalue weighted by atomic mass is 10.0. The Morgan fingerprint density at radius 1 is 1.36 bits per heavy atom. The van der Waals surface area contributed by atoms with Gasteiger partial charge < -0.3 is 19.7 Å². The highest BCUT2D eigenvalue weighted by atomic mass is 16.5. The van der Waals surface area contributed by atoms with Gasteiger partial charge in [0.2, 0.25) is 0 Å². The van der Waals surface area contributed by atoms with Crippen LogP contribution in [0.2, 0.25) is 0 Å². The molecule has 0 spiro atoms. The maximum atomic E-state index is 13.1. The van der Waals surface area contributed by atoms with E-state index >= 15 is 0 Å². The van der Waals surface area contributed by atoms with Crippen molar-refractivity contribution in [2.45, 2.75) is 19.0 Å². The van der Waals surface area contributed by atoms with E-state index in [2.05, 4.69) is 20.1 Å². The highest BCUT2D eigenvalue weighted by Gasteiger charge is 2.37. The summed E-state index contributed by atoms with van der Waals surface area (Å²) in [5.41, 5.74) is 3.45. The van der Waals surface area contributed by atoms with Crippen molar-refractivity contribution >= 4 is 29.4 Å². The fourth-order valence-corrected chi connectivity index (χ4v) is 3.10. The monoisotopic (exact) mass is 386 g/mol. The molecule has 1 aliphatic rings. The molecule has 146 valence electrons. The second-order valence-corrected chi connectivity index (χ2v) is 6.01. The zero-order valence-electron chi connectivity index (χ0n) is 15.2. The zero-order valence-corrected chi connectivity index (χ0v) is 15.2. The summed E-state index contributed by atoms with van der Waals surface area (Å²) >= 11 is 0. The van der Waals surface area contributed by atoms with Crippen molar-refractivity contribution in [1.29, 1.82) is 0 Å². The molecule has 28 heavy (non-hydrogen) atoms. The third-order valence-electron chi connectivity index (χ3n) is 4.48. The van der Waals surface area contributed by atoms with Crippen LogP contribution in [0.5, 0.6) is 0 Å². The molecule has 0 saturated carbocycles. The van der Waals surface area contributed by atoms with Crippen LogP contribution in [-0.4, -0.2) is 66.2 Å². The van der Waals surface area contributed by atoms with Crippen LogP contribution in [0.1, 0.15) is 21.7 Å². The van der Waals surface area contributed by atoms with Crippen LogP contribution in [0.15, 0.2) is 24.8 Å². The average molecular weight is 386 g/mol. The van der Waals surface area contributed by atoms with Gasteiger partial charge in [0, 0.05) is 19.7 Å². The second-order valence-electron chi connectivity index (χ2n) is 6.01. The standard InChI is InChI=1S/C16H16N6O3.CH2O2/c1-21-13-3-9(5-17-11(13)6-20-21)15(23)22-7-12-10(18-8-19-12)4-14(22)16(24)25-2;2-1-3/h3,5-6,8,14H,4,7H2,1-2H3,(H,18,19);1H,(H,2,3). The number of nitrogens with zero attached hydrogens (tertiary/aromatic N) is 5. The molecule has 3 aromatic heterocycles. The normalized spacial score (nSPS) is 15.4. The zero-order chi connectivity index (χ0) is 20.3. The Balaban J connectivity index is 0.000000706. The number of aryl methyl sites for hydroxylation is 1. The van der Waals surface area contributed by atoms with Gasteiger partial charge in [-0.05, 0) is 6.07 Å². The van der Waals surface area contributed by atoms with Crippen LogP contribution in [0, 0.1) is 0 Å². The van der Waals surface area contributed by atoms with E-state index in [1.54, 1.807) is 30.3 Å². The molecule has 11 heteroatoms. The van der Waals surface area contributed by atoms with Crippen molar-refractivity contribution in [3.05, 3.63) is 41.7 Å². The van der Waals surface area contributed by atoms with Crippen LogP contribution in [0.4, 0.5) is 0 Å². The summed E-state index contributed by atoms with van der Waals surface area (Å²) < 4.78 is 6.53. The lowest BCUT2D eigenvalue weighted by molar-refractivity contribution is -0.146. The lowest BCUT2D eigenvalue weighted by Crippen LogP contribution is -2.49. The van der Waals surface area contributed by atoms with Crippen LogP contribution in [0.25, 0.3) is 11.0 Å². The summed E-state index contributed by atoms with van der Waals surface area (Å²) in [6.45, 7) is 0.0113. The molecule has 0 bridgehead atoms. The topological polar surface area (TPSA) is 143 Å². The molecule has 1 amide bonds. The molecule has 4 heterocycles. The third kappa shape index (κ3) is 3.41. The summed E-state index contributed by atoms with van der Waals surface area (Å²) in [5, 5.41) is 11.0. The molecule has 11 nitrogen and oxygen atoms in total. The molecular weight excluding hydrogens is 368 g/mol. The minimum absolute atomic E-state index is 0.250. The first-order chi connectivity index (χ1) is 13.5. The van der Waals surface area contributed by atoms with Crippen molar-refractivity contribution < 1.29 is 24.2 Å². The van der Waals surface area contributed by atoms with E-state index in [1.807, 2.05) is 0 Å². The fraction of sp³-hybridized carbons (Fsp3) is 0.294. The van der Waals surface area contributed by atoms with Gasteiger partial charge in [-0.15, -0.1) is 0 Å². The largest absolute Gasteiger partial charge is 0.483 e. The smallest absolute Gasteiger partial charge is 0.329 e. The Hall–Kier alpha value is -3.76. The number of hydrogen-bond acceptors (Lipinski definition) is 7. The molecule has 3 aromatic rings. The third-order valence-corrected chi connectivity index (χ3v) is 4.48. The van der Waals surface area contributed by atoms with E-state index in [0.29, 0.717) is 17.5 Å². The summed E-state index contributed by atoms with van der Waals surface area (Å²) in [6, 6.07) is 1.02. The number of aromatic amines is 1. The molecule has 0 aliphatic carbocycles. The van der Waals surface area contributed by atoms with E-state index in [4.69, 9.17) is 14.6 Å². The Labute approximate surface area is 158 Å². The highest BCUT2D eigenvalue weighted by molar-refractivity contribution is 5.99. The van der Waals surface area contributed by atoms with Crippen LogP contribution in [0.3, 0.4) is 0 Å². The number of aromatic nitrogens is 5. The SMILES string of the molecule is COC(=O)C1Cc2nc[nH]c2CN1C(=O)c1cnc2cnn(C)c2c1.O=CO. The Morgan fingerprint density at radius 2 is 2.11 bits per heavy atom. The summed E-state index contributed by atoms with van der Waals surface area (Å²) in [7, 11) is 3.10. The minimum Gasteiger partial charge on any atom is -0.483 e. The van der Waals surface area contributed by atoms with Gasteiger partial charge in [0.15, 0.2) is 0 Å². The number of fused-ring (bicyclic) bond motifs is 2. The van der Waals surface area contributed by atoms with E-state index in [-0.39, 0.29) is 18.9 Å². The van der Waals surface area contributed by atoms with Crippen molar-refractivity contribution in [3.8, 4) is 0 Å². The van der Waals surface area contributed by atoms with Crippen LogP contribution < -0.4 is 0 Å². The van der Waals surface area contributed by atoms with Gasteiger partial charge in [0.05, 0.1) is 48.6 Å². The number of rotatable bonds is 2. The van der Waals surface area contributed by atoms with Crippen LogP contribution in [-0.2, 0) is 34.3 Å². The Kier molecular flexibility index (Phi) is 5.34. The highest BCUT2D eigenvalue weighted by Crippen LogP contribution is 2.24. The van der Waals surface area contributed by atoms with Gasteiger partial charge in [-0.3, -0.25) is 19.3 Å². The molecule has 0 radical (unpaired) electrons. The number of methoxy groups -OCH3 is 1. The molecule has 0 aromatic carbocycles. The number of esters is 1. The van der Waals surface area contributed by atoms with E-state index in [9.17, 15) is 9.59 Å². The van der Waals surface area contributed by atoms with Gasteiger partial charge in [-0.1, -0.05) is 0 Å². The summed E-state index contributed by atoms with van der Waals surface area (Å²) in [5.74, 6) is -0.747. The van der Waals surface area contributed by atoms with Gasteiger partial charge in [0.1, 0.15) is 11.6 Å². The number of carboxylic acid groups (broad SMARTS) is 1. The number of H-pyrrole nitrogens is 1. The van der Waals surface area contributed by atoms with Gasteiger partial charge in [-0.2, -0.15) is 5.10 Å². The predicted octanol–water partition coefficient (Wildman–Crippen LogP) is 0.132. The minimum atomic E-state index is -0.712. The molecule has 0 fully saturated rings. The van der Waals surface area contributed by atoms with Gasteiger partial charge >= 0.3 is 5.97 Å². The number of nitrogens with one attached hydrogen (secondary N) is 1. The van der Waals surface area contributed by atoms with Crippen LogP contribution >= 0.6 is 0 Å². The molecule has 1 atom stereocenters. The lowest BCUT2D eigenvalue weighted by Gasteiger charge is -2.33. The molecule has 1 aliphatic heterocycles. The first-order valence-electron chi connectivity index (χ1n) is 8.25. The first-order valence-corrected chi connectivity index (χ1v) is 8.25. The number of carbonyl (C=O) groups is 3. The van der Waals surface area contributed by atoms with E-state index < -0.39 is 12.0 Å². The Morgan fingerprint density at radius 3 is 2.82 bits per heavy atom. The Bertz CT molecular complexity index is 1030. The quantitative estimate of drug-likeness (QED) is 0.467. The predicted molar refractivity (Wildman–Crippen MR) is 95.2 cm³/mol. The van der Waals surface area contributed by atoms with Crippen molar-refractivity contribution in [2.24, 2.45) is 7.05 Å². The number of ether oxygens (including phenoxy) is 1. The van der Waals surface area contributed by atoms with E-state index in [0.717, 1.165) is 16.9 Å². The maximum absolute atomic E-state index is 13.1. The van der Waals surface area contributed by atoms with Crippen molar-refractivity contribution in [3.63, 3.8) is 0 Å². The fourth-order valence-electron chi connectivity index (χ4n) is 3.10. The summed E-state index contributed by atoms with van der Waals surface area (Å²) in [4.78, 5) is 46.6. The van der Waals surface area contributed by atoms with Crippen molar-refractivity contribution in [1.82, 2.24) is 29.6 Å². The second kappa shape index (κ2) is 7.86. The summed E-state index contributed by atoms with van der Waals surface area (Å²) in [6.07, 6.45) is 5.02. The van der Waals surface area contributed by atoms with Gasteiger partial charge in [-0.25, -0.2) is 9.78 Å². The van der Waals surface area contributed by atoms with E-state index in [1.165, 1.54) is 18.2 Å². The number of pyridine rings is 1. The number of carbonyl (C=O) groups excluding carboxylic acids is 2. The maximum Gasteiger partial charge on any atom is 0.329 e. The van der Waals surface area contributed by atoms with Gasteiger partial charge in [0.25, 0.3) is 12.4 Å². The number of hydrogen-bond donors (Lipinski definition) is 2. The molecule has 1 unspecified atom stereocenters. The molecule has 2 N–H and O–H groups in total. The average Bonchev–Trinajstić information content (AvgIpc) is 3.32. The first kappa shape index (κ1) is 19.0. The molecule has 0 saturated heterocycles. The number of imidazole rings is 1. The number of amides is 1.